The topological polar surface area (TPSA) is 127 Å². The summed E-state index contributed by atoms with van der Waals surface area (Å²) in [6, 6.07) is 21.6. The standard InChI is InChI=1S/C30H28N6O5/c1-30(2,3)41-29(38)34-15-16-39-24-14-11-20(17-23(24)34)36-27-25(26(31)32-18-33-27)35(28(36)37)19-9-12-22(13-10-19)40-21-7-5-4-6-8-21/h4-14,17-18H,15-16H2,1-3H3,(H2,31,32,33). The van der Waals surface area contributed by atoms with E-state index < -0.39 is 17.4 Å². The summed E-state index contributed by atoms with van der Waals surface area (Å²) >= 11 is 0. The van der Waals surface area contributed by atoms with Crippen LogP contribution in [-0.4, -0.2) is 43.9 Å². The second kappa shape index (κ2) is 10.0. The highest BCUT2D eigenvalue weighted by atomic mass is 16.6. The lowest BCUT2D eigenvalue weighted by Crippen LogP contribution is -2.41. The van der Waals surface area contributed by atoms with Crippen LogP contribution in [0, 0.1) is 0 Å². The third kappa shape index (κ3) is 4.93. The maximum atomic E-state index is 14.0. The molecule has 0 saturated carbocycles. The van der Waals surface area contributed by atoms with Gasteiger partial charge in [-0.15, -0.1) is 0 Å². The molecule has 11 nitrogen and oxygen atoms in total. The maximum Gasteiger partial charge on any atom is 0.415 e. The van der Waals surface area contributed by atoms with Gasteiger partial charge in [-0.2, -0.15) is 0 Å². The van der Waals surface area contributed by atoms with Crippen molar-refractivity contribution in [2.45, 2.75) is 26.4 Å². The first-order valence-electron chi connectivity index (χ1n) is 13.0. The molecule has 0 bridgehead atoms. The van der Waals surface area contributed by atoms with Crippen molar-refractivity contribution in [1.29, 1.82) is 0 Å². The number of amides is 1. The second-order valence-electron chi connectivity index (χ2n) is 10.4. The number of anilines is 2. The first-order valence-corrected chi connectivity index (χ1v) is 13.0. The van der Waals surface area contributed by atoms with Crippen molar-refractivity contribution in [1.82, 2.24) is 19.1 Å². The van der Waals surface area contributed by atoms with Crippen molar-refractivity contribution in [3.8, 4) is 28.6 Å². The molecule has 11 heteroatoms. The van der Waals surface area contributed by atoms with Crippen molar-refractivity contribution in [2.75, 3.05) is 23.8 Å². The van der Waals surface area contributed by atoms with Crippen molar-refractivity contribution in [3.05, 3.63) is 89.6 Å². The van der Waals surface area contributed by atoms with Crippen LogP contribution >= 0.6 is 0 Å². The first kappa shape index (κ1) is 25.9. The lowest BCUT2D eigenvalue weighted by atomic mass is 10.2. The molecule has 2 N–H and O–H groups in total. The molecule has 208 valence electrons. The monoisotopic (exact) mass is 552 g/mol. The van der Waals surface area contributed by atoms with Gasteiger partial charge in [0.25, 0.3) is 0 Å². The molecule has 0 radical (unpaired) electrons. The highest BCUT2D eigenvalue weighted by Crippen LogP contribution is 2.35. The Kier molecular flexibility index (Phi) is 6.33. The van der Waals surface area contributed by atoms with Gasteiger partial charge < -0.3 is 19.9 Å². The van der Waals surface area contributed by atoms with Crippen LogP contribution in [0.2, 0.25) is 0 Å². The minimum absolute atomic E-state index is 0.145. The SMILES string of the molecule is CC(C)(C)OC(=O)N1CCOc2ccc(-n3c(=O)n(-c4ccc(Oc5ccccc5)cc4)c4c(N)ncnc43)cc21. The molecule has 3 heterocycles. The molecule has 3 aromatic carbocycles. The summed E-state index contributed by atoms with van der Waals surface area (Å²) in [5.41, 5.74) is 7.37. The van der Waals surface area contributed by atoms with Crippen LogP contribution in [-0.2, 0) is 4.74 Å². The number of carbonyl (C=O) groups excluding carboxylic acids is 1. The van der Waals surface area contributed by atoms with Crippen LogP contribution in [0.4, 0.5) is 16.3 Å². The van der Waals surface area contributed by atoms with Crippen molar-refractivity contribution >= 4 is 28.8 Å². The number of hydrogen-bond donors (Lipinski definition) is 1. The minimum atomic E-state index is -0.673. The van der Waals surface area contributed by atoms with E-state index in [1.54, 1.807) is 42.5 Å². The molecule has 2 aromatic heterocycles. The van der Waals surface area contributed by atoms with E-state index in [4.69, 9.17) is 19.9 Å². The van der Waals surface area contributed by atoms with Gasteiger partial charge >= 0.3 is 11.8 Å². The summed E-state index contributed by atoms with van der Waals surface area (Å²) in [7, 11) is 0. The molecule has 0 saturated heterocycles. The summed E-state index contributed by atoms with van der Waals surface area (Å²) in [5.74, 6) is 1.96. The van der Waals surface area contributed by atoms with E-state index in [-0.39, 0.29) is 5.82 Å². The number of imidazole rings is 1. The van der Waals surface area contributed by atoms with Crippen LogP contribution in [0.25, 0.3) is 22.5 Å². The molecule has 0 fully saturated rings. The number of hydrogen-bond acceptors (Lipinski definition) is 8. The van der Waals surface area contributed by atoms with Gasteiger partial charge in [0.2, 0.25) is 0 Å². The fraction of sp³-hybridized carbons (Fsp3) is 0.200. The van der Waals surface area contributed by atoms with Gasteiger partial charge in [-0.25, -0.2) is 24.1 Å². The predicted octanol–water partition coefficient (Wildman–Crippen LogP) is 5.08. The molecule has 0 atom stereocenters. The fourth-order valence-corrected chi connectivity index (χ4v) is 4.66. The summed E-state index contributed by atoms with van der Waals surface area (Å²) in [5, 5.41) is 0. The van der Waals surface area contributed by atoms with E-state index in [9.17, 15) is 9.59 Å². The number of para-hydroxylation sites is 1. The summed E-state index contributed by atoms with van der Waals surface area (Å²) in [4.78, 5) is 37.1. The number of nitrogens with two attached hydrogens (primary N) is 1. The van der Waals surface area contributed by atoms with Gasteiger partial charge in [-0.3, -0.25) is 9.47 Å². The predicted molar refractivity (Wildman–Crippen MR) is 154 cm³/mol. The number of nitrogen functional groups attached to an aromatic ring is 1. The van der Waals surface area contributed by atoms with E-state index in [1.165, 1.54) is 20.4 Å². The zero-order chi connectivity index (χ0) is 28.7. The average Bonchev–Trinajstić information content (AvgIpc) is 3.25. The molecule has 1 aliphatic heterocycles. The van der Waals surface area contributed by atoms with Gasteiger partial charge in [-0.1, -0.05) is 18.2 Å². The lowest BCUT2D eigenvalue weighted by molar-refractivity contribution is 0.0568. The molecule has 5 aromatic rings. The van der Waals surface area contributed by atoms with E-state index in [0.717, 1.165) is 0 Å². The molecule has 1 amide bonds. The number of carbonyl (C=O) groups is 1. The molecule has 0 unspecified atom stereocenters. The van der Waals surface area contributed by atoms with Gasteiger partial charge in [-0.05, 0) is 75.4 Å². The maximum absolute atomic E-state index is 14.0. The Morgan fingerprint density at radius 1 is 0.927 bits per heavy atom. The number of ether oxygens (including phenoxy) is 3. The van der Waals surface area contributed by atoms with Gasteiger partial charge in [0.15, 0.2) is 11.5 Å². The third-order valence-corrected chi connectivity index (χ3v) is 6.40. The van der Waals surface area contributed by atoms with Crippen LogP contribution in [0.5, 0.6) is 17.2 Å². The second-order valence-corrected chi connectivity index (χ2v) is 10.4. The van der Waals surface area contributed by atoms with Gasteiger partial charge in [0.1, 0.15) is 41.3 Å². The minimum Gasteiger partial charge on any atom is -0.490 e. The highest BCUT2D eigenvalue weighted by molar-refractivity contribution is 5.91. The summed E-state index contributed by atoms with van der Waals surface area (Å²) in [6.07, 6.45) is 0.807. The van der Waals surface area contributed by atoms with Crippen molar-refractivity contribution < 1.29 is 19.0 Å². The fourth-order valence-electron chi connectivity index (χ4n) is 4.66. The van der Waals surface area contributed by atoms with Crippen molar-refractivity contribution in [2.24, 2.45) is 0 Å². The lowest BCUT2D eigenvalue weighted by Gasteiger charge is -2.31. The Balaban J connectivity index is 1.44. The quantitative estimate of drug-likeness (QED) is 0.327. The Morgan fingerprint density at radius 3 is 2.37 bits per heavy atom. The van der Waals surface area contributed by atoms with Crippen LogP contribution in [0.15, 0.2) is 83.9 Å². The molecular formula is C30H28N6O5. The average molecular weight is 553 g/mol. The van der Waals surface area contributed by atoms with Crippen LogP contribution < -0.4 is 25.8 Å². The highest BCUT2D eigenvalue weighted by Gasteiger charge is 2.29. The normalized spacial score (nSPS) is 13.0. The molecular weight excluding hydrogens is 524 g/mol. The molecule has 0 spiro atoms. The van der Waals surface area contributed by atoms with E-state index >= 15 is 0 Å². The smallest absolute Gasteiger partial charge is 0.415 e. The van der Waals surface area contributed by atoms with Gasteiger partial charge in [0, 0.05) is 0 Å². The number of fused-ring (bicyclic) bond motifs is 2. The van der Waals surface area contributed by atoms with E-state index in [2.05, 4.69) is 9.97 Å². The van der Waals surface area contributed by atoms with Crippen molar-refractivity contribution in [3.63, 3.8) is 0 Å². The molecule has 41 heavy (non-hydrogen) atoms. The summed E-state index contributed by atoms with van der Waals surface area (Å²) < 4.78 is 20.2. The number of aromatic nitrogens is 4. The number of nitrogens with zero attached hydrogens (tertiary/aromatic N) is 5. The third-order valence-electron chi connectivity index (χ3n) is 6.40. The molecule has 1 aliphatic rings. The number of rotatable bonds is 4. The van der Waals surface area contributed by atoms with Gasteiger partial charge in [0.05, 0.1) is 23.6 Å². The first-order chi connectivity index (χ1) is 19.7. The zero-order valence-electron chi connectivity index (χ0n) is 22.8. The van der Waals surface area contributed by atoms with Crippen LogP contribution in [0.1, 0.15) is 20.8 Å². The molecule has 6 rings (SSSR count). The number of benzene rings is 3. The Labute approximate surface area is 235 Å². The Morgan fingerprint density at radius 2 is 1.63 bits per heavy atom. The van der Waals surface area contributed by atoms with E-state index in [1.807, 2.05) is 51.1 Å². The largest absolute Gasteiger partial charge is 0.490 e. The van der Waals surface area contributed by atoms with E-state index in [0.29, 0.717) is 58.6 Å². The van der Waals surface area contributed by atoms with Crippen LogP contribution in [0.3, 0.4) is 0 Å². The molecule has 0 aliphatic carbocycles. The summed E-state index contributed by atoms with van der Waals surface area (Å²) in [6.45, 7) is 6.04. The Hall–Kier alpha value is -5.32. The Bertz CT molecular complexity index is 1810. The zero-order valence-corrected chi connectivity index (χ0v) is 22.8.